The molecule has 2 heterocycles. The van der Waals surface area contributed by atoms with Gasteiger partial charge in [0.05, 0.1) is 0 Å². The predicted octanol–water partition coefficient (Wildman–Crippen LogP) is 3.96. The average molecular weight is 417 g/mol. The monoisotopic (exact) mass is 416 g/mol. The van der Waals surface area contributed by atoms with Gasteiger partial charge in [-0.2, -0.15) is 9.97 Å². The molecule has 1 aliphatic rings. The van der Waals surface area contributed by atoms with Gasteiger partial charge in [-0.1, -0.05) is 48.0 Å². The van der Waals surface area contributed by atoms with Crippen molar-refractivity contribution in [2.45, 2.75) is 13.3 Å². The van der Waals surface area contributed by atoms with Crippen LogP contribution in [0.15, 0.2) is 60.7 Å². The lowest BCUT2D eigenvalue weighted by Gasteiger charge is -2.35. The molecule has 6 heteroatoms. The average Bonchev–Trinajstić information content (AvgIpc) is 2.80. The third kappa shape index (κ3) is 5.73. The minimum Gasteiger partial charge on any atom is -0.363 e. The van der Waals surface area contributed by atoms with Crippen molar-refractivity contribution < 1.29 is 0 Å². The number of rotatable bonds is 7. The van der Waals surface area contributed by atoms with E-state index in [1.54, 1.807) is 0 Å². The molecular weight excluding hydrogens is 384 g/mol. The largest absolute Gasteiger partial charge is 0.363 e. The van der Waals surface area contributed by atoms with Gasteiger partial charge in [0.2, 0.25) is 5.95 Å². The summed E-state index contributed by atoms with van der Waals surface area (Å²) in [5.74, 6) is 2.53. The van der Waals surface area contributed by atoms with Crippen LogP contribution >= 0.6 is 0 Å². The fraction of sp³-hybridized carbons (Fsp3) is 0.360. The zero-order valence-electron chi connectivity index (χ0n) is 18.8. The molecule has 0 bridgehead atoms. The van der Waals surface area contributed by atoms with E-state index in [1.165, 1.54) is 11.1 Å². The summed E-state index contributed by atoms with van der Waals surface area (Å²) >= 11 is 0. The Morgan fingerprint density at radius 1 is 0.903 bits per heavy atom. The third-order valence-corrected chi connectivity index (χ3v) is 5.70. The number of benzene rings is 2. The lowest BCUT2D eigenvalue weighted by Crippen LogP contribution is -2.47. The summed E-state index contributed by atoms with van der Waals surface area (Å²) < 4.78 is 0. The zero-order chi connectivity index (χ0) is 21.6. The summed E-state index contributed by atoms with van der Waals surface area (Å²) in [6, 6.07) is 21.1. The molecule has 0 atom stereocenters. The highest BCUT2D eigenvalue weighted by Gasteiger charge is 2.20. The van der Waals surface area contributed by atoms with Gasteiger partial charge in [0.1, 0.15) is 11.6 Å². The molecule has 6 nitrogen and oxygen atoms in total. The number of hydrogen-bond acceptors (Lipinski definition) is 6. The van der Waals surface area contributed by atoms with Gasteiger partial charge in [0.25, 0.3) is 0 Å². The first-order valence-corrected chi connectivity index (χ1v) is 11.0. The van der Waals surface area contributed by atoms with Gasteiger partial charge < -0.3 is 15.1 Å². The van der Waals surface area contributed by atoms with Gasteiger partial charge in [0.15, 0.2) is 0 Å². The minimum absolute atomic E-state index is 0.795. The molecule has 0 radical (unpaired) electrons. The summed E-state index contributed by atoms with van der Waals surface area (Å²) in [7, 11) is 4.03. The maximum atomic E-state index is 4.83. The Bertz CT molecular complexity index is 963. The molecule has 0 saturated carbocycles. The molecule has 1 fully saturated rings. The summed E-state index contributed by atoms with van der Waals surface area (Å²) in [6.07, 6.45) is 1.10. The Labute approximate surface area is 185 Å². The lowest BCUT2D eigenvalue weighted by atomic mass is 10.1. The van der Waals surface area contributed by atoms with Gasteiger partial charge >= 0.3 is 0 Å². The minimum atomic E-state index is 0.795. The molecule has 162 valence electrons. The highest BCUT2D eigenvalue weighted by atomic mass is 15.3. The van der Waals surface area contributed by atoms with Crippen LogP contribution < -0.4 is 15.1 Å². The third-order valence-electron chi connectivity index (χ3n) is 5.70. The van der Waals surface area contributed by atoms with Crippen molar-refractivity contribution in [3.8, 4) is 0 Å². The number of nitrogens with zero attached hydrogens (tertiary/aromatic N) is 5. The highest BCUT2D eigenvalue weighted by Crippen LogP contribution is 2.23. The van der Waals surface area contributed by atoms with E-state index in [9.17, 15) is 0 Å². The van der Waals surface area contributed by atoms with Crippen LogP contribution in [-0.2, 0) is 6.42 Å². The van der Waals surface area contributed by atoms with Gasteiger partial charge in [-0.05, 0) is 31.0 Å². The molecule has 31 heavy (non-hydrogen) atoms. The number of aromatic nitrogens is 2. The molecule has 3 aromatic rings. The molecule has 1 aromatic heterocycles. The fourth-order valence-electron chi connectivity index (χ4n) is 3.74. The summed E-state index contributed by atoms with van der Waals surface area (Å²) in [4.78, 5) is 16.5. The van der Waals surface area contributed by atoms with Crippen LogP contribution in [-0.4, -0.2) is 61.7 Å². The van der Waals surface area contributed by atoms with Gasteiger partial charge in [0, 0.05) is 58.6 Å². The molecule has 0 amide bonds. The number of nitrogens with one attached hydrogen (secondary N) is 1. The van der Waals surface area contributed by atoms with Crippen molar-refractivity contribution in [2.24, 2.45) is 0 Å². The van der Waals surface area contributed by atoms with Crippen LogP contribution in [0.3, 0.4) is 0 Å². The smallest absolute Gasteiger partial charge is 0.229 e. The first-order chi connectivity index (χ1) is 15.1. The predicted molar refractivity (Wildman–Crippen MR) is 130 cm³/mol. The number of anilines is 4. The van der Waals surface area contributed by atoms with Gasteiger partial charge in [-0.25, -0.2) is 0 Å². The number of piperazine rings is 1. The van der Waals surface area contributed by atoms with E-state index in [-0.39, 0.29) is 0 Å². The standard InChI is InChI=1S/C25H32N6/c1-20-9-11-22(12-10-20)26-23-19-24(29(2)3)28-25(27-23)31-17-15-30(16-18-31)14-13-21-7-5-4-6-8-21/h4-12,19H,13-18H2,1-3H3,(H,26,27,28). The highest BCUT2D eigenvalue weighted by molar-refractivity contribution is 5.62. The maximum absolute atomic E-state index is 4.83. The normalized spacial score (nSPS) is 14.5. The van der Waals surface area contributed by atoms with E-state index in [2.05, 4.69) is 76.6 Å². The molecule has 0 spiro atoms. The summed E-state index contributed by atoms with van der Waals surface area (Å²) in [5, 5.41) is 3.44. The molecule has 1 N–H and O–H groups in total. The van der Waals surface area contributed by atoms with E-state index in [0.717, 1.165) is 62.4 Å². The molecule has 1 saturated heterocycles. The van der Waals surface area contributed by atoms with Gasteiger partial charge in [-0.3, -0.25) is 4.90 Å². The second kappa shape index (κ2) is 9.79. The first kappa shape index (κ1) is 21.1. The summed E-state index contributed by atoms with van der Waals surface area (Å²) in [6.45, 7) is 7.13. The van der Waals surface area contributed by atoms with E-state index in [0.29, 0.717) is 0 Å². The van der Waals surface area contributed by atoms with Crippen molar-refractivity contribution in [3.63, 3.8) is 0 Å². The molecule has 2 aromatic carbocycles. The Hall–Kier alpha value is -3.12. The van der Waals surface area contributed by atoms with E-state index >= 15 is 0 Å². The van der Waals surface area contributed by atoms with Crippen LogP contribution in [0.25, 0.3) is 0 Å². The SMILES string of the molecule is Cc1ccc(Nc2cc(N(C)C)nc(N3CCN(CCc4ccccc4)CC3)n2)cc1. The van der Waals surface area contributed by atoms with Crippen molar-refractivity contribution >= 4 is 23.3 Å². The van der Waals surface area contributed by atoms with Crippen molar-refractivity contribution in [3.05, 3.63) is 71.8 Å². The van der Waals surface area contributed by atoms with Crippen molar-refractivity contribution in [2.75, 3.05) is 61.9 Å². The molecular formula is C25H32N6. The Morgan fingerprint density at radius 2 is 1.61 bits per heavy atom. The lowest BCUT2D eigenvalue weighted by molar-refractivity contribution is 0.260. The van der Waals surface area contributed by atoms with E-state index in [1.807, 2.05) is 25.1 Å². The van der Waals surface area contributed by atoms with Crippen LogP contribution in [0, 0.1) is 6.92 Å². The zero-order valence-corrected chi connectivity index (χ0v) is 18.8. The van der Waals surface area contributed by atoms with Gasteiger partial charge in [-0.15, -0.1) is 0 Å². The number of aryl methyl sites for hydroxylation is 1. The Balaban J connectivity index is 1.41. The fourth-order valence-corrected chi connectivity index (χ4v) is 3.74. The van der Waals surface area contributed by atoms with E-state index < -0.39 is 0 Å². The Kier molecular flexibility index (Phi) is 6.67. The second-order valence-corrected chi connectivity index (χ2v) is 8.36. The first-order valence-electron chi connectivity index (χ1n) is 11.0. The second-order valence-electron chi connectivity index (χ2n) is 8.36. The molecule has 4 rings (SSSR count). The van der Waals surface area contributed by atoms with Crippen LogP contribution in [0.2, 0.25) is 0 Å². The molecule has 0 unspecified atom stereocenters. The van der Waals surface area contributed by atoms with E-state index in [4.69, 9.17) is 9.97 Å². The van der Waals surface area contributed by atoms with Crippen molar-refractivity contribution in [1.82, 2.24) is 14.9 Å². The van der Waals surface area contributed by atoms with Crippen LogP contribution in [0.4, 0.5) is 23.3 Å². The summed E-state index contributed by atoms with van der Waals surface area (Å²) in [5.41, 5.74) is 3.68. The Morgan fingerprint density at radius 3 is 2.29 bits per heavy atom. The van der Waals surface area contributed by atoms with Crippen molar-refractivity contribution in [1.29, 1.82) is 0 Å². The van der Waals surface area contributed by atoms with Crippen LogP contribution in [0.5, 0.6) is 0 Å². The van der Waals surface area contributed by atoms with Crippen LogP contribution in [0.1, 0.15) is 11.1 Å². The molecule has 0 aliphatic carbocycles. The number of hydrogen-bond donors (Lipinski definition) is 1. The topological polar surface area (TPSA) is 47.5 Å². The molecule has 1 aliphatic heterocycles. The maximum Gasteiger partial charge on any atom is 0.229 e. The quantitative estimate of drug-likeness (QED) is 0.629.